The number of carbonyl (C=O) groups excluding carboxylic acids is 1. The van der Waals surface area contributed by atoms with E-state index < -0.39 is 0 Å². The van der Waals surface area contributed by atoms with Gasteiger partial charge in [0.05, 0.1) is 12.2 Å². The molecule has 2 fully saturated rings. The van der Waals surface area contributed by atoms with Gasteiger partial charge in [0.15, 0.2) is 0 Å². The van der Waals surface area contributed by atoms with Gasteiger partial charge in [-0.05, 0) is 45.2 Å². The zero-order valence-corrected chi connectivity index (χ0v) is 14.3. The Hall–Kier alpha value is -1.62. The molecule has 2 aliphatic rings. The second-order valence-electron chi connectivity index (χ2n) is 6.93. The van der Waals surface area contributed by atoms with Gasteiger partial charge in [0.1, 0.15) is 0 Å². The highest BCUT2D eigenvalue weighted by Gasteiger charge is 2.33. The molecule has 0 aliphatic carbocycles. The first-order valence-corrected chi connectivity index (χ1v) is 8.84. The summed E-state index contributed by atoms with van der Waals surface area (Å²) in [5.41, 5.74) is 0.970. The van der Waals surface area contributed by atoms with E-state index in [0.29, 0.717) is 18.6 Å². The smallest absolute Gasteiger partial charge is 0.320 e. The van der Waals surface area contributed by atoms with Crippen molar-refractivity contribution >= 4 is 6.03 Å². The van der Waals surface area contributed by atoms with Gasteiger partial charge in [-0.3, -0.25) is 4.98 Å². The summed E-state index contributed by atoms with van der Waals surface area (Å²) in [5, 5.41) is 0. The Morgan fingerprint density at radius 3 is 2.61 bits per heavy atom. The normalized spacial score (nSPS) is 21.3. The molecule has 0 atom stereocenters. The van der Waals surface area contributed by atoms with Gasteiger partial charge in [0, 0.05) is 44.5 Å². The summed E-state index contributed by atoms with van der Waals surface area (Å²) in [5.74, 6) is 0. The van der Waals surface area contributed by atoms with E-state index in [1.54, 1.807) is 6.20 Å². The van der Waals surface area contributed by atoms with Gasteiger partial charge in [0.25, 0.3) is 0 Å². The number of piperidine rings is 1. The van der Waals surface area contributed by atoms with Crippen molar-refractivity contribution in [3.63, 3.8) is 0 Å². The summed E-state index contributed by atoms with van der Waals surface area (Å²) in [7, 11) is 0. The molecule has 0 saturated carbocycles. The van der Waals surface area contributed by atoms with Crippen LogP contribution in [0.15, 0.2) is 24.4 Å². The fraction of sp³-hybridized carbons (Fsp3) is 0.667. The summed E-state index contributed by atoms with van der Waals surface area (Å²) in [6.45, 7) is 9.09. The van der Waals surface area contributed by atoms with E-state index in [9.17, 15) is 4.79 Å². The summed E-state index contributed by atoms with van der Waals surface area (Å²) in [6, 6.07) is 7.10. The lowest BCUT2D eigenvalue weighted by molar-refractivity contribution is 0.0689. The molecule has 0 spiro atoms. The average molecular weight is 316 g/mol. The topological polar surface area (TPSA) is 39.7 Å². The number of rotatable bonds is 4. The number of amides is 2. The number of urea groups is 1. The summed E-state index contributed by atoms with van der Waals surface area (Å²) >= 11 is 0. The molecule has 3 heterocycles. The third kappa shape index (κ3) is 3.83. The van der Waals surface area contributed by atoms with E-state index in [1.165, 1.54) is 0 Å². The Bertz CT molecular complexity index is 511. The molecule has 23 heavy (non-hydrogen) atoms. The van der Waals surface area contributed by atoms with E-state index >= 15 is 0 Å². The molecule has 5 nitrogen and oxygen atoms in total. The zero-order valence-electron chi connectivity index (χ0n) is 14.3. The molecule has 2 aliphatic heterocycles. The largest absolute Gasteiger partial charge is 0.321 e. The van der Waals surface area contributed by atoms with Crippen LogP contribution in [0.5, 0.6) is 0 Å². The van der Waals surface area contributed by atoms with Crippen LogP contribution in [-0.2, 0) is 6.54 Å². The van der Waals surface area contributed by atoms with Gasteiger partial charge in [-0.2, -0.15) is 0 Å². The van der Waals surface area contributed by atoms with Crippen molar-refractivity contribution in [1.29, 1.82) is 0 Å². The lowest BCUT2D eigenvalue weighted by Gasteiger charge is -2.44. The average Bonchev–Trinajstić information content (AvgIpc) is 2.58. The summed E-state index contributed by atoms with van der Waals surface area (Å²) in [6.07, 6.45) is 5.05. The fourth-order valence-corrected chi connectivity index (χ4v) is 3.69. The second kappa shape index (κ2) is 7.30. The van der Waals surface area contributed by atoms with Crippen LogP contribution < -0.4 is 0 Å². The number of carbonyl (C=O) groups is 1. The molecule has 0 N–H and O–H groups in total. The van der Waals surface area contributed by atoms with Crippen LogP contribution in [0, 0.1) is 0 Å². The maximum Gasteiger partial charge on any atom is 0.320 e. The van der Waals surface area contributed by atoms with Gasteiger partial charge < -0.3 is 14.7 Å². The molecule has 126 valence electrons. The monoisotopic (exact) mass is 316 g/mol. The van der Waals surface area contributed by atoms with Crippen LogP contribution in [0.2, 0.25) is 0 Å². The van der Waals surface area contributed by atoms with Crippen LogP contribution in [0.3, 0.4) is 0 Å². The number of pyridine rings is 1. The number of hydrogen-bond donors (Lipinski definition) is 0. The van der Waals surface area contributed by atoms with Gasteiger partial charge in [-0.25, -0.2) is 4.79 Å². The zero-order chi connectivity index (χ0) is 16.2. The number of hydrogen-bond acceptors (Lipinski definition) is 3. The second-order valence-corrected chi connectivity index (χ2v) is 6.93. The summed E-state index contributed by atoms with van der Waals surface area (Å²) in [4.78, 5) is 23.8. The number of likely N-dealkylation sites (tertiary alicyclic amines) is 1. The van der Waals surface area contributed by atoms with Crippen LogP contribution in [0.25, 0.3) is 0 Å². The molecule has 5 heteroatoms. The van der Waals surface area contributed by atoms with Crippen molar-refractivity contribution in [2.45, 2.75) is 51.7 Å². The lowest BCUT2D eigenvalue weighted by Crippen LogP contribution is -2.55. The minimum Gasteiger partial charge on any atom is -0.321 e. The van der Waals surface area contributed by atoms with E-state index in [4.69, 9.17) is 0 Å². The van der Waals surface area contributed by atoms with Crippen molar-refractivity contribution < 1.29 is 4.79 Å². The molecular formula is C18H28N4O. The van der Waals surface area contributed by atoms with Crippen molar-refractivity contribution in [3.8, 4) is 0 Å². The van der Waals surface area contributed by atoms with Crippen LogP contribution >= 0.6 is 0 Å². The van der Waals surface area contributed by atoms with E-state index in [2.05, 4.69) is 28.6 Å². The Balaban J connectivity index is 1.59. The van der Waals surface area contributed by atoms with Crippen molar-refractivity contribution in [2.24, 2.45) is 0 Å². The first-order valence-electron chi connectivity index (χ1n) is 8.84. The predicted octanol–water partition coefficient (Wildman–Crippen LogP) is 2.58. The molecule has 0 radical (unpaired) electrons. The molecule has 2 amide bonds. The standard InChI is InChI=1S/C18H28N4O/c1-15(2)20-12-7-17(8-13-20)22-11-5-10-21(18(22)23)14-16-6-3-4-9-19-16/h3-4,6,9,15,17H,5,7-8,10-14H2,1-2H3. The third-order valence-corrected chi connectivity index (χ3v) is 5.09. The molecule has 0 bridgehead atoms. The minimum atomic E-state index is 0.199. The molecule has 1 aromatic rings. The van der Waals surface area contributed by atoms with Gasteiger partial charge in [-0.1, -0.05) is 6.07 Å². The van der Waals surface area contributed by atoms with E-state index in [0.717, 1.165) is 51.1 Å². The number of nitrogens with zero attached hydrogens (tertiary/aromatic N) is 4. The van der Waals surface area contributed by atoms with Gasteiger partial charge in [0.2, 0.25) is 0 Å². The first kappa shape index (κ1) is 16.2. The van der Waals surface area contributed by atoms with Gasteiger partial charge in [-0.15, -0.1) is 0 Å². The Labute approximate surface area is 139 Å². The van der Waals surface area contributed by atoms with Crippen molar-refractivity contribution in [1.82, 2.24) is 19.7 Å². The highest BCUT2D eigenvalue weighted by Crippen LogP contribution is 2.23. The highest BCUT2D eigenvalue weighted by atomic mass is 16.2. The molecule has 2 saturated heterocycles. The van der Waals surface area contributed by atoms with Crippen LogP contribution in [0.4, 0.5) is 4.79 Å². The highest BCUT2D eigenvalue weighted by molar-refractivity contribution is 5.75. The van der Waals surface area contributed by atoms with E-state index in [1.807, 2.05) is 23.1 Å². The molecule has 1 aromatic heterocycles. The Kier molecular flexibility index (Phi) is 5.16. The number of aromatic nitrogens is 1. The predicted molar refractivity (Wildman–Crippen MR) is 91.1 cm³/mol. The molecule has 3 rings (SSSR count). The van der Waals surface area contributed by atoms with Crippen molar-refractivity contribution in [3.05, 3.63) is 30.1 Å². The Morgan fingerprint density at radius 2 is 1.96 bits per heavy atom. The maximum absolute atomic E-state index is 12.9. The SMILES string of the molecule is CC(C)N1CCC(N2CCCN(Cc3ccccn3)C2=O)CC1. The maximum atomic E-state index is 12.9. The van der Waals surface area contributed by atoms with E-state index in [-0.39, 0.29) is 6.03 Å². The van der Waals surface area contributed by atoms with Gasteiger partial charge >= 0.3 is 6.03 Å². The van der Waals surface area contributed by atoms with Crippen molar-refractivity contribution in [2.75, 3.05) is 26.2 Å². The lowest BCUT2D eigenvalue weighted by atomic mass is 10.0. The quantitative estimate of drug-likeness (QED) is 0.857. The molecule has 0 aromatic carbocycles. The third-order valence-electron chi connectivity index (χ3n) is 5.09. The van der Waals surface area contributed by atoms with Crippen LogP contribution in [0.1, 0.15) is 38.8 Å². The Morgan fingerprint density at radius 1 is 1.17 bits per heavy atom. The van der Waals surface area contributed by atoms with Crippen LogP contribution in [-0.4, -0.2) is 64.0 Å². The molecular weight excluding hydrogens is 288 g/mol. The first-order chi connectivity index (χ1) is 11.1. The fourth-order valence-electron chi connectivity index (χ4n) is 3.69. The minimum absolute atomic E-state index is 0.199. The molecule has 0 unspecified atom stereocenters. The summed E-state index contributed by atoms with van der Waals surface area (Å²) < 4.78 is 0.